The molecule has 0 fully saturated rings. The molecule has 2 N–H and O–H groups in total. The Balaban J connectivity index is 2.41. The van der Waals surface area contributed by atoms with Gasteiger partial charge in [-0.25, -0.2) is 9.78 Å². The number of carbonyl (C=O) groups excluding carboxylic acids is 1. The summed E-state index contributed by atoms with van der Waals surface area (Å²) in [6.07, 6.45) is 0. The van der Waals surface area contributed by atoms with Crippen LogP contribution in [-0.2, 0) is 4.74 Å². The van der Waals surface area contributed by atoms with E-state index in [9.17, 15) is 4.79 Å². The van der Waals surface area contributed by atoms with Gasteiger partial charge in [0.2, 0.25) is 0 Å². The highest BCUT2D eigenvalue weighted by Gasteiger charge is 2.11. The van der Waals surface area contributed by atoms with Gasteiger partial charge in [-0.1, -0.05) is 30.3 Å². The third kappa shape index (κ3) is 2.66. The third-order valence-corrected chi connectivity index (χ3v) is 2.40. The lowest BCUT2D eigenvalue weighted by Crippen LogP contribution is -2.08. The summed E-state index contributed by atoms with van der Waals surface area (Å²) in [6.45, 7) is 2.07. The van der Waals surface area contributed by atoms with Crippen molar-refractivity contribution >= 4 is 11.7 Å². The second-order valence-electron chi connectivity index (χ2n) is 3.76. The van der Waals surface area contributed by atoms with Gasteiger partial charge >= 0.3 is 5.97 Å². The maximum Gasteiger partial charge on any atom is 0.357 e. The SMILES string of the molecule is CCOC(=O)c1cc(N)cc(-c2ccccc2)n1. The van der Waals surface area contributed by atoms with Gasteiger partial charge in [0.05, 0.1) is 12.3 Å². The summed E-state index contributed by atoms with van der Waals surface area (Å²) in [6, 6.07) is 12.8. The number of hydrogen-bond acceptors (Lipinski definition) is 4. The molecule has 0 saturated heterocycles. The first-order chi connectivity index (χ1) is 8.70. The van der Waals surface area contributed by atoms with Crippen molar-refractivity contribution in [2.24, 2.45) is 0 Å². The summed E-state index contributed by atoms with van der Waals surface area (Å²) in [7, 11) is 0. The zero-order valence-corrected chi connectivity index (χ0v) is 10.1. The van der Waals surface area contributed by atoms with E-state index in [4.69, 9.17) is 10.5 Å². The molecular weight excluding hydrogens is 228 g/mol. The highest BCUT2D eigenvalue weighted by atomic mass is 16.5. The van der Waals surface area contributed by atoms with Crippen LogP contribution in [0.1, 0.15) is 17.4 Å². The molecule has 4 nitrogen and oxygen atoms in total. The van der Waals surface area contributed by atoms with Crippen molar-refractivity contribution < 1.29 is 9.53 Å². The van der Waals surface area contributed by atoms with Crippen LogP contribution in [0, 0.1) is 0 Å². The predicted molar refractivity (Wildman–Crippen MR) is 70.0 cm³/mol. The molecule has 2 rings (SSSR count). The molecule has 92 valence electrons. The molecule has 0 amide bonds. The fourth-order valence-electron chi connectivity index (χ4n) is 1.62. The second-order valence-corrected chi connectivity index (χ2v) is 3.76. The molecular formula is C14H14N2O2. The highest BCUT2D eigenvalue weighted by Crippen LogP contribution is 2.20. The number of esters is 1. The molecule has 0 spiro atoms. The lowest BCUT2D eigenvalue weighted by atomic mass is 10.1. The normalized spacial score (nSPS) is 10.1. The first kappa shape index (κ1) is 12.1. The van der Waals surface area contributed by atoms with Gasteiger partial charge in [-0.2, -0.15) is 0 Å². The minimum atomic E-state index is -0.456. The fraction of sp³-hybridized carbons (Fsp3) is 0.143. The van der Waals surface area contributed by atoms with Crippen LogP contribution in [0.4, 0.5) is 5.69 Å². The number of nitrogen functional groups attached to an aromatic ring is 1. The van der Waals surface area contributed by atoms with Crippen molar-refractivity contribution in [2.45, 2.75) is 6.92 Å². The number of ether oxygens (including phenoxy) is 1. The van der Waals surface area contributed by atoms with Crippen LogP contribution >= 0.6 is 0 Å². The quantitative estimate of drug-likeness (QED) is 0.840. The van der Waals surface area contributed by atoms with Gasteiger partial charge in [0, 0.05) is 11.3 Å². The monoisotopic (exact) mass is 242 g/mol. The molecule has 0 bridgehead atoms. The number of carbonyl (C=O) groups is 1. The number of anilines is 1. The van der Waals surface area contributed by atoms with E-state index in [0.29, 0.717) is 18.0 Å². The molecule has 0 aliphatic heterocycles. The number of aromatic nitrogens is 1. The summed E-state index contributed by atoms with van der Waals surface area (Å²) in [5.74, 6) is -0.456. The Kier molecular flexibility index (Phi) is 3.57. The summed E-state index contributed by atoms with van der Waals surface area (Å²) in [5, 5.41) is 0. The molecule has 0 aliphatic rings. The van der Waals surface area contributed by atoms with Crippen molar-refractivity contribution in [2.75, 3.05) is 12.3 Å². The van der Waals surface area contributed by atoms with Gasteiger partial charge in [-0.15, -0.1) is 0 Å². The Morgan fingerprint density at radius 1 is 1.28 bits per heavy atom. The second kappa shape index (κ2) is 5.31. The molecule has 1 heterocycles. The van der Waals surface area contributed by atoms with Gasteiger partial charge in [-0.3, -0.25) is 0 Å². The average molecular weight is 242 g/mol. The zero-order valence-electron chi connectivity index (χ0n) is 10.1. The highest BCUT2D eigenvalue weighted by molar-refractivity contribution is 5.89. The number of hydrogen-bond donors (Lipinski definition) is 1. The maximum absolute atomic E-state index is 11.6. The van der Waals surface area contributed by atoms with Crippen molar-refractivity contribution in [3.8, 4) is 11.3 Å². The summed E-state index contributed by atoms with van der Waals surface area (Å²) in [4.78, 5) is 15.9. The average Bonchev–Trinajstić information content (AvgIpc) is 2.39. The number of nitrogens with zero attached hydrogens (tertiary/aromatic N) is 1. The molecule has 4 heteroatoms. The molecule has 1 aromatic carbocycles. The lowest BCUT2D eigenvalue weighted by Gasteiger charge is -2.06. The maximum atomic E-state index is 11.6. The van der Waals surface area contributed by atoms with E-state index in [2.05, 4.69) is 4.98 Å². The molecule has 2 aromatic rings. The van der Waals surface area contributed by atoms with E-state index in [1.54, 1.807) is 13.0 Å². The van der Waals surface area contributed by atoms with E-state index >= 15 is 0 Å². The first-order valence-corrected chi connectivity index (χ1v) is 5.71. The number of pyridine rings is 1. The molecule has 0 saturated carbocycles. The molecule has 0 aliphatic carbocycles. The Bertz CT molecular complexity index is 553. The van der Waals surface area contributed by atoms with E-state index in [1.807, 2.05) is 30.3 Å². The molecule has 0 atom stereocenters. The van der Waals surface area contributed by atoms with Crippen molar-refractivity contribution in [3.05, 3.63) is 48.2 Å². The zero-order chi connectivity index (χ0) is 13.0. The van der Waals surface area contributed by atoms with Crippen LogP contribution in [0.5, 0.6) is 0 Å². The molecule has 1 aromatic heterocycles. The first-order valence-electron chi connectivity index (χ1n) is 5.71. The van der Waals surface area contributed by atoms with E-state index < -0.39 is 5.97 Å². The summed E-state index contributed by atoms with van der Waals surface area (Å²) < 4.78 is 4.92. The topological polar surface area (TPSA) is 65.2 Å². The summed E-state index contributed by atoms with van der Waals surface area (Å²) in [5.41, 5.74) is 8.09. The van der Waals surface area contributed by atoms with E-state index in [1.165, 1.54) is 6.07 Å². The van der Waals surface area contributed by atoms with Gasteiger partial charge in [0.25, 0.3) is 0 Å². The van der Waals surface area contributed by atoms with Crippen molar-refractivity contribution in [1.82, 2.24) is 4.98 Å². The van der Waals surface area contributed by atoms with Crippen LogP contribution in [0.3, 0.4) is 0 Å². The minimum absolute atomic E-state index is 0.232. The standard InChI is InChI=1S/C14H14N2O2/c1-2-18-14(17)13-9-11(15)8-12(16-13)10-6-4-3-5-7-10/h3-9H,2H2,1H3,(H2,15,16). The minimum Gasteiger partial charge on any atom is -0.461 e. The fourth-order valence-corrected chi connectivity index (χ4v) is 1.62. The smallest absolute Gasteiger partial charge is 0.357 e. The largest absolute Gasteiger partial charge is 0.461 e. The Morgan fingerprint density at radius 2 is 2.00 bits per heavy atom. The van der Waals surface area contributed by atoms with E-state index in [-0.39, 0.29) is 5.69 Å². The summed E-state index contributed by atoms with van der Waals surface area (Å²) >= 11 is 0. The molecule has 0 unspecified atom stereocenters. The van der Waals surface area contributed by atoms with Crippen molar-refractivity contribution in [1.29, 1.82) is 0 Å². The predicted octanol–water partition coefficient (Wildman–Crippen LogP) is 2.51. The van der Waals surface area contributed by atoms with Crippen molar-refractivity contribution in [3.63, 3.8) is 0 Å². The van der Waals surface area contributed by atoms with Gasteiger partial charge in [0.1, 0.15) is 0 Å². The molecule has 18 heavy (non-hydrogen) atoms. The number of rotatable bonds is 3. The van der Waals surface area contributed by atoms with Crippen LogP contribution < -0.4 is 5.73 Å². The van der Waals surface area contributed by atoms with Crippen LogP contribution in [-0.4, -0.2) is 17.6 Å². The third-order valence-electron chi connectivity index (χ3n) is 2.40. The van der Waals surface area contributed by atoms with Crippen LogP contribution in [0.15, 0.2) is 42.5 Å². The van der Waals surface area contributed by atoms with Gasteiger partial charge in [-0.05, 0) is 19.1 Å². The number of benzene rings is 1. The molecule has 0 radical (unpaired) electrons. The number of nitrogens with two attached hydrogens (primary N) is 1. The Hall–Kier alpha value is -2.36. The van der Waals surface area contributed by atoms with Gasteiger partial charge in [0.15, 0.2) is 5.69 Å². The van der Waals surface area contributed by atoms with Crippen LogP contribution in [0.2, 0.25) is 0 Å². The Morgan fingerprint density at radius 3 is 2.67 bits per heavy atom. The van der Waals surface area contributed by atoms with Gasteiger partial charge < -0.3 is 10.5 Å². The van der Waals surface area contributed by atoms with Crippen LogP contribution in [0.25, 0.3) is 11.3 Å². The Labute approximate surface area is 105 Å². The lowest BCUT2D eigenvalue weighted by molar-refractivity contribution is 0.0519. The van der Waals surface area contributed by atoms with E-state index in [0.717, 1.165) is 5.56 Å².